The molecule has 0 bridgehead atoms. The molecule has 3 fully saturated rings. The van der Waals surface area contributed by atoms with E-state index in [0.717, 1.165) is 0 Å². The SMILES string of the molecule is C.C.C.C1CCCCC1.C1CCCCC1.C1CCCCC1. The highest BCUT2D eigenvalue weighted by Crippen LogP contribution is 2.16. The van der Waals surface area contributed by atoms with E-state index in [1.807, 2.05) is 0 Å². The lowest BCUT2D eigenvalue weighted by molar-refractivity contribution is 0.504. The van der Waals surface area contributed by atoms with Gasteiger partial charge in [-0.25, -0.2) is 0 Å². The molecule has 0 heteroatoms. The van der Waals surface area contributed by atoms with Crippen LogP contribution in [-0.4, -0.2) is 0 Å². The first kappa shape index (κ1) is 25.9. The molecule has 0 saturated heterocycles. The lowest BCUT2D eigenvalue weighted by Gasteiger charge is -2.05. The molecule has 3 aliphatic rings. The van der Waals surface area contributed by atoms with Crippen LogP contribution in [0.4, 0.5) is 0 Å². The highest BCUT2D eigenvalue weighted by atomic mass is 14.0. The Morgan fingerprint density at radius 1 is 0.143 bits per heavy atom. The Bertz CT molecular complexity index is 75.1. The van der Waals surface area contributed by atoms with E-state index in [9.17, 15) is 0 Å². The van der Waals surface area contributed by atoms with E-state index < -0.39 is 0 Å². The quantitative estimate of drug-likeness (QED) is 0.419. The van der Waals surface area contributed by atoms with Crippen LogP contribution in [-0.2, 0) is 0 Å². The van der Waals surface area contributed by atoms with Crippen LogP contribution in [0.2, 0.25) is 0 Å². The second kappa shape index (κ2) is 22.3. The molecule has 0 amide bonds. The molecule has 0 unspecified atom stereocenters. The molecule has 3 saturated carbocycles. The Balaban J connectivity index is -0.000000216. The summed E-state index contributed by atoms with van der Waals surface area (Å²) in [6, 6.07) is 0. The van der Waals surface area contributed by atoms with Crippen LogP contribution in [0.5, 0.6) is 0 Å². The highest BCUT2D eigenvalue weighted by molar-refractivity contribution is 4.52. The van der Waals surface area contributed by atoms with Gasteiger partial charge in [-0.05, 0) is 0 Å². The molecular formula is C21H48. The maximum Gasteiger partial charge on any atom is -0.0533 e. The summed E-state index contributed by atoms with van der Waals surface area (Å²) in [7, 11) is 0. The van der Waals surface area contributed by atoms with Crippen LogP contribution < -0.4 is 0 Å². The van der Waals surface area contributed by atoms with Crippen LogP contribution in [0, 0.1) is 0 Å². The predicted molar refractivity (Wildman–Crippen MR) is 103 cm³/mol. The third-order valence-electron chi connectivity index (χ3n) is 4.50. The predicted octanol–water partition coefficient (Wildman–Crippen LogP) is 8.93. The first-order chi connectivity index (χ1) is 9.00. The van der Waals surface area contributed by atoms with E-state index in [1.165, 1.54) is 116 Å². The van der Waals surface area contributed by atoms with Crippen molar-refractivity contribution in [1.29, 1.82) is 0 Å². The third-order valence-corrected chi connectivity index (χ3v) is 4.50. The summed E-state index contributed by atoms with van der Waals surface area (Å²) in [4.78, 5) is 0. The second-order valence-corrected chi connectivity index (χ2v) is 6.36. The minimum atomic E-state index is 0. The molecule has 0 aromatic rings. The summed E-state index contributed by atoms with van der Waals surface area (Å²) in [6.07, 6.45) is 27.0. The molecule has 3 aliphatic carbocycles. The first-order valence-corrected chi connectivity index (χ1v) is 9.00. The van der Waals surface area contributed by atoms with Gasteiger partial charge in [-0.2, -0.15) is 0 Å². The van der Waals surface area contributed by atoms with Crippen LogP contribution in [0.1, 0.15) is 138 Å². The van der Waals surface area contributed by atoms with Crippen molar-refractivity contribution in [1.82, 2.24) is 0 Å². The van der Waals surface area contributed by atoms with Crippen molar-refractivity contribution >= 4 is 0 Å². The average Bonchev–Trinajstić information content (AvgIpc) is 2.54. The third kappa shape index (κ3) is 20.0. The van der Waals surface area contributed by atoms with Crippen LogP contribution in [0.15, 0.2) is 0 Å². The fraction of sp³-hybridized carbons (Fsp3) is 1.00. The van der Waals surface area contributed by atoms with E-state index in [2.05, 4.69) is 0 Å². The van der Waals surface area contributed by atoms with E-state index in [4.69, 9.17) is 0 Å². The lowest BCUT2D eigenvalue weighted by atomic mass is 10.0. The van der Waals surface area contributed by atoms with E-state index in [-0.39, 0.29) is 22.3 Å². The Kier molecular flexibility index (Phi) is 27.5. The summed E-state index contributed by atoms with van der Waals surface area (Å²) in [6.45, 7) is 0. The van der Waals surface area contributed by atoms with Crippen LogP contribution in [0.25, 0.3) is 0 Å². The highest BCUT2D eigenvalue weighted by Gasteiger charge is 1.96. The Morgan fingerprint density at radius 3 is 0.238 bits per heavy atom. The number of hydrogen-bond acceptors (Lipinski definition) is 0. The minimum absolute atomic E-state index is 0. The fourth-order valence-corrected chi connectivity index (χ4v) is 3.18. The zero-order valence-electron chi connectivity index (χ0n) is 12.7. The van der Waals surface area contributed by atoms with Gasteiger partial charge in [0.1, 0.15) is 0 Å². The summed E-state index contributed by atoms with van der Waals surface area (Å²) in [5, 5.41) is 0. The second-order valence-electron chi connectivity index (χ2n) is 6.36. The van der Waals surface area contributed by atoms with Gasteiger partial charge in [0.05, 0.1) is 0 Å². The summed E-state index contributed by atoms with van der Waals surface area (Å²) < 4.78 is 0. The van der Waals surface area contributed by atoms with Crippen molar-refractivity contribution in [2.75, 3.05) is 0 Å². The van der Waals surface area contributed by atoms with Gasteiger partial charge in [-0.3, -0.25) is 0 Å². The van der Waals surface area contributed by atoms with Gasteiger partial charge in [0.15, 0.2) is 0 Å². The molecule has 3 rings (SSSR count). The molecule has 0 atom stereocenters. The van der Waals surface area contributed by atoms with Crippen molar-refractivity contribution in [2.24, 2.45) is 0 Å². The molecule has 0 aliphatic heterocycles. The molecule has 132 valence electrons. The van der Waals surface area contributed by atoms with Crippen molar-refractivity contribution < 1.29 is 0 Å². The molecular weight excluding hydrogens is 252 g/mol. The lowest BCUT2D eigenvalue weighted by Crippen LogP contribution is -1.85. The van der Waals surface area contributed by atoms with Crippen LogP contribution >= 0.6 is 0 Å². The Morgan fingerprint density at radius 2 is 0.190 bits per heavy atom. The van der Waals surface area contributed by atoms with Crippen molar-refractivity contribution in [2.45, 2.75) is 138 Å². The normalized spacial score (nSPS) is 20.6. The maximum absolute atomic E-state index is 1.50. The maximum atomic E-state index is 1.50. The number of rotatable bonds is 0. The zero-order valence-corrected chi connectivity index (χ0v) is 12.7. The summed E-state index contributed by atoms with van der Waals surface area (Å²) in [5.41, 5.74) is 0. The zero-order chi connectivity index (χ0) is 12.7. The topological polar surface area (TPSA) is 0 Å². The van der Waals surface area contributed by atoms with Gasteiger partial charge in [-0.15, -0.1) is 0 Å². The monoisotopic (exact) mass is 300 g/mol. The van der Waals surface area contributed by atoms with E-state index in [0.29, 0.717) is 0 Å². The molecule has 0 spiro atoms. The van der Waals surface area contributed by atoms with Gasteiger partial charge < -0.3 is 0 Å². The summed E-state index contributed by atoms with van der Waals surface area (Å²) >= 11 is 0. The molecule has 21 heavy (non-hydrogen) atoms. The minimum Gasteiger partial charge on any atom is -0.0776 e. The van der Waals surface area contributed by atoms with Gasteiger partial charge in [-0.1, -0.05) is 138 Å². The Hall–Kier alpha value is 0. The van der Waals surface area contributed by atoms with Gasteiger partial charge in [0.25, 0.3) is 0 Å². The Labute approximate surface area is 138 Å². The fourth-order valence-electron chi connectivity index (χ4n) is 3.18. The van der Waals surface area contributed by atoms with E-state index in [1.54, 1.807) is 0 Å². The molecule has 0 aromatic carbocycles. The number of hydrogen-bond donors (Lipinski definition) is 0. The van der Waals surface area contributed by atoms with Crippen molar-refractivity contribution in [3.05, 3.63) is 0 Å². The smallest absolute Gasteiger partial charge is 0.0533 e. The average molecular weight is 301 g/mol. The first-order valence-electron chi connectivity index (χ1n) is 9.00. The largest absolute Gasteiger partial charge is 0.0776 e. The van der Waals surface area contributed by atoms with Crippen molar-refractivity contribution in [3.63, 3.8) is 0 Å². The van der Waals surface area contributed by atoms with E-state index >= 15 is 0 Å². The molecule has 0 nitrogen and oxygen atoms in total. The summed E-state index contributed by atoms with van der Waals surface area (Å²) in [5.74, 6) is 0. The van der Waals surface area contributed by atoms with Gasteiger partial charge in [0, 0.05) is 0 Å². The van der Waals surface area contributed by atoms with Gasteiger partial charge >= 0.3 is 0 Å². The standard InChI is InChI=1S/3C6H12.3CH4/c3*1-2-4-6-5-3-1;;;/h3*1-6H2;3*1H4. The molecule has 0 N–H and O–H groups in total. The van der Waals surface area contributed by atoms with Crippen molar-refractivity contribution in [3.8, 4) is 0 Å². The molecule has 0 heterocycles. The van der Waals surface area contributed by atoms with Gasteiger partial charge in [0.2, 0.25) is 0 Å². The molecule has 0 radical (unpaired) electrons. The molecule has 0 aromatic heterocycles. The van der Waals surface area contributed by atoms with Crippen LogP contribution in [0.3, 0.4) is 0 Å².